The molecule has 0 aliphatic heterocycles. The van der Waals surface area contributed by atoms with Gasteiger partial charge in [-0.05, 0) is 116 Å². The number of aliphatic hydroxyl groups is 2. The molecule has 0 amide bonds. The molecule has 0 aromatic rings. The monoisotopic (exact) mass is 792 g/mol. The van der Waals surface area contributed by atoms with E-state index in [2.05, 4.69) is 80.4 Å². The Labute approximate surface area is 343 Å². The minimum atomic E-state index is -2.29. The van der Waals surface area contributed by atoms with E-state index < -0.39 is 8.56 Å². The van der Waals surface area contributed by atoms with Crippen molar-refractivity contribution in [1.29, 1.82) is 0 Å². The molecule has 0 aliphatic carbocycles. The normalized spacial score (nSPS) is 13.3. The third-order valence-corrected chi connectivity index (χ3v) is 11.8. The summed E-state index contributed by atoms with van der Waals surface area (Å²) in [5, 5.41) is 18.5. The Bertz CT molecular complexity index is 870. The number of hydrogen-bond acceptors (Lipinski definition) is 6. The van der Waals surface area contributed by atoms with E-state index in [-0.39, 0.29) is 19.5 Å². The van der Waals surface area contributed by atoms with E-state index in [1.165, 1.54) is 122 Å². The molecule has 55 heavy (non-hydrogen) atoms. The molecule has 0 fully saturated rings. The van der Waals surface area contributed by atoms with Crippen molar-refractivity contribution in [2.24, 2.45) is 0 Å². The second kappa shape index (κ2) is 44.0. The Morgan fingerprint density at radius 1 is 0.473 bits per heavy atom. The van der Waals surface area contributed by atoms with E-state index >= 15 is 0 Å². The molecular formula is C48H93NO5Si. The largest absolute Gasteiger partial charge is 0.395 e. The third kappa shape index (κ3) is 42.4. The van der Waals surface area contributed by atoms with Gasteiger partial charge in [-0.3, -0.25) is 4.90 Å². The molecule has 0 aromatic carbocycles. The summed E-state index contributed by atoms with van der Waals surface area (Å²) in [5.74, 6) is 0. The van der Waals surface area contributed by atoms with Crippen LogP contribution >= 0.6 is 0 Å². The molecule has 0 spiro atoms. The van der Waals surface area contributed by atoms with Crippen molar-refractivity contribution in [1.82, 2.24) is 4.90 Å². The van der Waals surface area contributed by atoms with Gasteiger partial charge in [0.2, 0.25) is 0 Å². The van der Waals surface area contributed by atoms with Gasteiger partial charge in [-0.1, -0.05) is 146 Å². The highest BCUT2D eigenvalue weighted by Crippen LogP contribution is 2.19. The lowest BCUT2D eigenvalue weighted by Crippen LogP contribution is -2.40. The summed E-state index contributed by atoms with van der Waals surface area (Å²) < 4.78 is 19.4. The highest BCUT2D eigenvalue weighted by atomic mass is 28.4. The maximum atomic E-state index is 9.24. The lowest BCUT2D eigenvalue weighted by Gasteiger charge is -2.29. The van der Waals surface area contributed by atoms with Crippen LogP contribution in [0.3, 0.4) is 0 Å². The Balaban J connectivity index is 4.36. The van der Waals surface area contributed by atoms with Gasteiger partial charge in [-0.2, -0.15) is 0 Å². The molecule has 6 nitrogen and oxygen atoms in total. The van der Waals surface area contributed by atoms with Gasteiger partial charge in [-0.25, -0.2) is 0 Å². The summed E-state index contributed by atoms with van der Waals surface area (Å²) in [5.41, 5.74) is 0. The second-order valence-corrected chi connectivity index (χ2v) is 19.3. The van der Waals surface area contributed by atoms with Crippen LogP contribution in [0, 0.1) is 0 Å². The van der Waals surface area contributed by atoms with Crippen LogP contribution < -0.4 is 0 Å². The molecule has 1 atom stereocenters. The van der Waals surface area contributed by atoms with E-state index in [4.69, 9.17) is 13.6 Å². The van der Waals surface area contributed by atoms with Gasteiger partial charge in [0.15, 0.2) is 0 Å². The number of unbranched alkanes of at least 4 members (excludes halogenated alkanes) is 20. The van der Waals surface area contributed by atoms with Gasteiger partial charge in [0.05, 0.1) is 13.2 Å². The fraction of sp³-hybridized carbons (Fsp3) is 0.833. The lowest BCUT2D eigenvalue weighted by molar-refractivity contribution is -0.104. The average molecular weight is 792 g/mol. The van der Waals surface area contributed by atoms with Crippen LogP contribution in [-0.4, -0.2) is 76.0 Å². The second-order valence-electron chi connectivity index (χ2n) is 16.0. The van der Waals surface area contributed by atoms with Gasteiger partial charge in [0, 0.05) is 26.3 Å². The van der Waals surface area contributed by atoms with Crippen LogP contribution in [0.2, 0.25) is 13.1 Å². The zero-order valence-electron chi connectivity index (χ0n) is 37.0. The van der Waals surface area contributed by atoms with Crippen LogP contribution in [0.1, 0.15) is 194 Å². The number of hydrogen-bond donors (Lipinski definition) is 2. The summed E-state index contributed by atoms with van der Waals surface area (Å²) in [7, 11) is -2.29. The van der Waals surface area contributed by atoms with Gasteiger partial charge in [0.25, 0.3) is 0 Å². The minimum Gasteiger partial charge on any atom is -0.395 e. The van der Waals surface area contributed by atoms with Crippen molar-refractivity contribution in [3.05, 3.63) is 48.6 Å². The predicted molar refractivity (Wildman–Crippen MR) is 242 cm³/mol. The van der Waals surface area contributed by atoms with Gasteiger partial charge >= 0.3 is 8.56 Å². The number of nitrogens with zero attached hydrogens (tertiary/aromatic N) is 1. The first-order valence-corrected chi connectivity index (χ1v) is 26.3. The highest BCUT2D eigenvalue weighted by Gasteiger charge is 2.29. The maximum Gasteiger partial charge on any atom is 0.333 e. The Morgan fingerprint density at radius 2 is 0.891 bits per heavy atom. The van der Waals surface area contributed by atoms with Crippen molar-refractivity contribution in [2.75, 3.05) is 46.1 Å². The fourth-order valence-corrected chi connectivity index (χ4v) is 8.20. The highest BCUT2D eigenvalue weighted by molar-refractivity contribution is 6.64. The van der Waals surface area contributed by atoms with Crippen LogP contribution in [0.4, 0.5) is 0 Å². The van der Waals surface area contributed by atoms with Crippen molar-refractivity contribution in [3.8, 4) is 0 Å². The standard InChI is InChI=1S/C48H93NO5Si/c1-5-7-9-11-13-15-17-19-21-23-25-27-29-31-34-39-47-53-55(3,4)54-48(52-46-38-35-33-37-41-49(42-44-50)43-45-51)40-36-32-30-28-26-24-22-20-18-16-14-12-10-8-6-2/h13-16,19-22,48,50-51H,5-12,17-18,23-47H2,1-4H3/b15-13-,16-14-,21-19-,22-20-. The van der Waals surface area contributed by atoms with E-state index in [1.807, 2.05) is 0 Å². The molecule has 0 aliphatic rings. The number of allylic oxidation sites excluding steroid dienone is 8. The van der Waals surface area contributed by atoms with Crippen LogP contribution in [0.5, 0.6) is 0 Å². The van der Waals surface area contributed by atoms with E-state index in [0.717, 1.165) is 77.5 Å². The summed E-state index contributed by atoms with van der Waals surface area (Å²) in [6.45, 7) is 12.9. The molecule has 0 aromatic heterocycles. The molecule has 0 saturated carbocycles. The van der Waals surface area contributed by atoms with Crippen LogP contribution in [0.25, 0.3) is 0 Å². The Hall–Kier alpha value is -1.06. The van der Waals surface area contributed by atoms with Crippen molar-refractivity contribution in [2.45, 2.75) is 213 Å². The Kier molecular flexibility index (Phi) is 43.2. The summed E-state index contributed by atoms with van der Waals surface area (Å²) >= 11 is 0. The third-order valence-electron chi connectivity index (χ3n) is 10.1. The molecule has 1 unspecified atom stereocenters. The molecular weight excluding hydrogens is 699 g/mol. The SMILES string of the molecule is CCCCC/C=C\C/C=C\CCCCCCCCO[Si](C)(C)OC(CCCCCCC/C=C\C/C=C\CCCCC)OCCCCCCN(CCO)CCO. The van der Waals surface area contributed by atoms with Crippen LogP contribution in [-0.2, 0) is 13.6 Å². The number of rotatable bonds is 44. The first-order valence-electron chi connectivity index (χ1n) is 23.5. The topological polar surface area (TPSA) is 71.4 Å². The predicted octanol–water partition coefficient (Wildman–Crippen LogP) is 13.5. The quantitative estimate of drug-likeness (QED) is 0.0277. The molecule has 0 heterocycles. The van der Waals surface area contributed by atoms with Gasteiger partial charge in [0.1, 0.15) is 6.29 Å². The zero-order valence-corrected chi connectivity index (χ0v) is 38.0. The van der Waals surface area contributed by atoms with E-state index in [9.17, 15) is 10.2 Å². The smallest absolute Gasteiger partial charge is 0.333 e. The summed E-state index contributed by atoms with van der Waals surface area (Å²) in [6.07, 6.45) is 52.4. The van der Waals surface area contributed by atoms with Crippen LogP contribution in [0.15, 0.2) is 48.6 Å². The molecule has 2 N–H and O–H groups in total. The lowest BCUT2D eigenvalue weighted by atomic mass is 10.1. The molecule has 0 rings (SSSR count). The fourth-order valence-electron chi connectivity index (χ4n) is 6.68. The van der Waals surface area contributed by atoms with Crippen molar-refractivity contribution >= 4 is 8.56 Å². The minimum absolute atomic E-state index is 0.142. The average Bonchev–Trinajstić information content (AvgIpc) is 3.17. The summed E-state index contributed by atoms with van der Waals surface area (Å²) in [4.78, 5) is 2.13. The molecule has 0 radical (unpaired) electrons. The number of aliphatic hydroxyl groups excluding tert-OH is 2. The first kappa shape index (κ1) is 53.9. The summed E-state index contributed by atoms with van der Waals surface area (Å²) in [6, 6.07) is 0. The molecule has 0 saturated heterocycles. The maximum absolute atomic E-state index is 9.24. The van der Waals surface area contributed by atoms with Gasteiger partial charge in [-0.15, -0.1) is 0 Å². The van der Waals surface area contributed by atoms with E-state index in [0.29, 0.717) is 13.1 Å². The van der Waals surface area contributed by atoms with Crippen molar-refractivity contribution in [3.63, 3.8) is 0 Å². The van der Waals surface area contributed by atoms with E-state index in [1.54, 1.807) is 0 Å². The molecule has 0 bridgehead atoms. The zero-order chi connectivity index (χ0) is 40.2. The first-order chi connectivity index (χ1) is 27.0. The number of ether oxygens (including phenoxy) is 1. The molecule has 7 heteroatoms. The van der Waals surface area contributed by atoms with Crippen molar-refractivity contribution < 1.29 is 23.8 Å². The Morgan fingerprint density at radius 3 is 1.38 bits per heavy atom. The van der Waals surface area contributed by atoms with Gasteiger partial charge < -0.3 is 23.8 Å². The molecule has 324 valence electrons.